The normalized spacial score (nSPS) is 19.0. The molecule has 2 heterocycles. The van der Waals surface area contributed by atoms with Crippen molar-refractivity contribution < 1.29 is 14.2 Å². The van der Waals surface area contributed by atoms with Crippen molar-refractivity contribution in [3.63, 3.8) is 0 Å². The number of para-hydroxylation sites is 1. The Hall–Kier alpha value is -3.44. The molecule has 2 aliphatic rings. The summed E-state index contributed by atoms with van der Waals surface area (Å²) in [7, 11) is 0. The van der Waals surface area contributed by atoms with Crippen LogP contribution < -0.4 is 19.6 Å². The van der Waals surface area contributed by atoms with Crippen molar-refractivity contribution in [1.82, 2.24) is 10.4 Å². The lowest BCUT2D eigenvalue weighted by Crippen LogP contribution is -2.43. The lowest BCUT2D eigenvalue weighted by atomic mass is 10.0. The van der Waals surface area contributed by atoms with Crippen LogP contribution in [0.1, 0.15) is 55.6 Å². The van der Waals surface area contributed by atoms with Gasteiger partial charge in [-0.25, -0.2) is 0 Å². The number of benzene rings is 3. The number of ether oxygens (including phenoxy) is 3. The molecule has 0 radical (unpaired) electrons. The predicted molar refractivity (Wildman–Crippen MR) is 130 cm³/mol. The molecule has 0 fully saturated rings. The van der Waals surface area contributed by atoms with Gasteiger partial charge in [0.05, 0.1) is 25.0 Å². The molecule has 5 nitrogen and oxygen atoms in total. The summed E-state index contributed by atoms with van der Waals surface area (Å²) < 4.78 is 17.9. The van der Waals surface area contributed by atoms with Crippen LogP contribution in [0.15, 0.2) is 78.9 Å². The molecule has 0 bridgehead atoms. The van der Waals surface area contributed by atoms with Gasteiger partial charge in [0.1, 0.15) is 17.2 Å². The monoisotopic (exact) mass is 442 g/mol. The Labute approximate surface area is 195 Å². The zero-order valence-corrected chi connectivity index (χ0v) is 19.2. The van der Waals surface area contributed by atoms with Crippen molar-refractivity contribution in [2.75, 3.05) is 13.2 Å². The van der Waals surface area contributed by atoms with Crippen LogP contribution in [-0.2, 0) is 0 Å². The second-order valence-electron chi connectivity index (χ2n) is 8.28. The van der Waals surface area contributed by atoms with Crippen LogP contribution in [0, 0.1) is 0 Å². The number of hydrazine groups is 1. The highest BCUT2D eigenvalue weighted by atomic mass is 16.5. The molecule has 0 amide bonds. The van der Waals surface area contributed by atoms with Crippen LogP contribution in [0.5, 0.6) is 17.2 Å². The second-order valence-corrected chi connectivity index (χ2v) is 8.28. The molecule has 0 unspecified atom stereocenters. The Balaban J connectivity index is 1.42. The molecule has 2 atom stereocenters. The Morgan fingerprint density at radius 2 is 1.61 bits per heavy atom. The Morgan fingerprint density at radius 3 is 2.36 bits per heavy atom. The maximum absolute atomic E-state index is 6.47. The van der Waals surface area contributed by atoms with Gasteiger partial charge in [0.25, 0.3) is 0 Å². The zero-order chi connectivity index (χ0) is 22.6. The van der Waals surface area contributed by atoms with Crippen molar-refractivity contribution in [1.29, 1.82) is 0 Å². The molecule has 3 aromatic carbocycles. The highest BCUT2D eigenvalue weighted by Crippen LogP contribution is 2.46. The number of hydrogen-bond donors (Lipinski definition) is 1. The van der Waals surface area contributed by atoms with E-state index in [1.165, 1.54) is 0 Å². The van der Waals surface area contributed by atoms with Gasteiger partial charge in [-0.15, -0.1) is 0 Å². The summed E-state index contributed by atoms with van der Waals surface area (Å²) in [5.41, 5.74) is 8.01. The van der Waals surface area contributed by atoms with Gasteiger partial charge >= 0.3 is 0 Å². The number of unbranched alkanes of at least 4 members (excludes halogenated alkanes) is 1. The van der Waals surface area contributed by atoms with Crippen molar-refractivity contribution >= 4 is 5.70 Å². The molecular formula is C28H30N2O3. The molecule has 170 valence electrons. The molecule has 2 aliphatic heterocycles. The fourth-order valence-corrected chi connectivity index (χ4v) is 4.29. The van der Waals surface area contributed by atoms with Crippen LogP contribution >= 0.6 is 0 Å². The Bertz CT molecular complexity index is 1110. The quantitative estimate of drug-likeness (QED) is 0.417. The lowest BCUT2D eigenvalue weighted by Gasteiger charge is -2.39. The average molecular weight is 443 g/mol. The highest BCUT2D eigenvalue weighted by Gasteiger charge is 2.40. The number of fused-ring (bicyclic) bond motifs is 3. The maximum atomic E-state index is 6.47. The minimum absolute atomic E-state index is 0.0713. The Morgan fingerprint density at radius 1 is 0.879 bits per heavy atom. The standard InChI is InChI=1S/C28H30N2O3/c1-3-5-18-32-23-16-12-21(13-17-23)28-30-26(24-8-6-7-9-27(24)33-28)19-25(29-30)20-10-14-22(15-11-20)31-4-2/h6-17,19,26,28-29H,3-5,18H2,1-2H3/t26-,28+/m0/s1. The van der Waals surface area contributed by atoms with Crippen LogP contribution in [0.4, 0.5) is 0 Å². The first-order chi connectivity index (χ1) is 16.3. The third-order valence-electron chi connectivity index (χ3n) is 6.01. The fourth-order valence-electron chi connectivity index (χ4n) is 4.29. The highest BCUT2D eigenvalue weighted by molar-refractivity contribution is 5.68. The molecule has 0 aliphatic carbocycles. The van der Waals surface area contributed by atoms with E-state index in [1.54, 1.807) is 0 Å². The number of hydrogen-bond acceptors (Lipinski definition) is 5. The Kier molecular flexibility index (Phi) is 6.22. The molecule has 1 N–H and O–H groups in total. The van der Waals surface area contributed by atoms with Gasteiger partial charge in [0.15, 0.2) is 6.23 Å². The number of nitrogens with zero attached hydrogens (tertiary/aromatic N) is 1. The van der Waals surface area contributed by atoms with Crippen LogP contribution in [0.2, 0.25) is 0 Å². The van der Waals surface area contributed by atoms with Crippen LogP contribution in [0.3, 0.4) is 0 Å². The van der Waals surface area contributed by atoms with Crippen molar-refractivity contribution in [2.24, 2.45) is 0 Å². The number of rotatable bonds is 8. The molecular weight excluding hydrogens is 412 g/mol. The second kappa shape index (κ2) is 9.59. The molecule has 33 heavy (non-hydrogen) atoms. The first-order valence-electron chi connectivity index (χ1n) is 11.7. The van der Waals surface area contributed by atoms with E-state index in [2.05, 4.69) is 59.8 Å². The summed E-state index contributed by atoms with van der Waals surface area (Å²) in [6, 6.07) is 24.8. The maximum Gasteiger partial charge on any atom is 0.195 e. The van der Waals surface area contributed by atoms with E-state index >= 15 is 0 Å². The molecule has 3 aromatic rings. The SMILES string of the molecule is CCCCOc1ccc([C@H]2Oc3ccccc3[C@@H]3C=C(c4ccc(OCC)cc4)NN23)cc1. The van der Waals surface area contributed by atoms with Gasteiger partial charge in [-0.1, -0.05) is 43.7 Å². The molecule has 0 saturated carbocycles. The van der Waals surface area contributed by atoms with Gasteiger partial charge < -0.3 is 19.6 Å². The fraction of sp³-hybridized carbons (Fsp3) is 0.286. The third kappa shape index (κ3) is 4.41. The first kappa shape index (κ1) is 21.4. The summed E-state index contributed by atoms with van der Waals surface area (Å²) in [6.07, 6.45) is 4.20. The summed E-state index contributed by atoms with van der Waals surface area (Å²) in [5, 5.41) is 2.18. The van der Waals surface area contributed by atoms with E-state index in [1.807, 2.05) is 43.3 Å². The summed E-state index contributed by atoms with van der Waals surface area (Å²) in [5.74, 6) is 2.69. The van der Waals surface area contributed by atoms with E-state index in [-0.39, 0.29) is 12.3 Å². The van der Waals surface area contributed by atoms with E-state index in [9.17, 15) is 0 Å². The van der Waals surface area contributed by atoms with Crippen LogP contribution in [0.25, 0.3) is 5.70 Å². The summed E-state index contributed by atoms with van der Waals surface area (Å²) in [4.78, 5) is 0. The smallest absolute Gasteiger partial charge is 0.195 e. The summed E-state index contributed by atoms with van der Waals surface area (Å²) >= 11 is 0. The minimum Gasteiger partial charge on any atom is -0.494 e. The van der Waals surface area contributed by atoms with Crippen molar-refractivity contribution in [3.05, 3.63) is 95.6 Å². The first-order valence-corrected chi connectivity index (χ1v) is 11.7. The third-order valence-corrected chi connectivity index (χ3v) is 6.01. The molecule has 0 aromatic heterocycles. The van der Waals surface area contributed by atoms with Gasteiger partial charge in [0, 0.05) is 11.1 Å². The van der Waals surface area contributed by atoms with Gasteiger partial charge in [-0.3, -0.25) is 0 Å². The lowest BCUT2D eigenvalue weighted by molar-refractivity contribution is -0.0326. The molecule has 0 spiro atoms. The summed E-state index contributed by atoms with van der Waals surface area (Å²) in [6.45, 7) is 5.57. The van der Waals surface area contributed by atoms with E-state index in [4.69, 9.17) is 14.2 Å². The minimum atomic E-state index is -0.258. The molecule has 5 heteroatoms. The van der Waals surface area contributed by atoms with E-state index in [0.717, 1.165) is 59.1 Å². The predicted octanol–water partition coefficient (Wildman–Crippen LogP) is 6.26. The van der Waals surface area contributed by atoms with Gasteiger partial charge in [-0.05, 0) is 67.4 Å². The van der Waals surface area contributed by atoms with Crippen LogP contribution in [-0.4, -0.2) is 18.2 Å². The van der Waals surface area contributed by atoms with Crippen molar-refractivity contribution in [3.8, 4) is 17.2 Å². The topological polar surface area (TPSA) is 43.0 Å². The van der Waals surface area contributed by atoms with Crippen molar-refractivity contribution in [2.45, 2.75) is 39.0 Å². The van der Waals surface area contributed by atoms with E-state index < -0.39 is 0 Å². The molecule has 0 saturated heterocycles. The average Bonchev–Trinajstić information content (AvgIpc) is 3.31. The van der Waals surface area contributed by atoms with Gasteiger partial charge in [0.2, 0.25) is 0 Å². The van der Waals surface area contributed by atoms with Gasteiger partial charge in [-0.2, -0.15) is 5.01 Å². The largest absolute Gasteiger partial charge is 0.494 e. The van der Waals surface area contributed by atoms with E-state index in [0.29, 0.717) is 6.61 Å². The molecule has 5 rings (SSSR count). The number of nitrogens with one attached hydrogen (secondary N) is 1. The zero-order valence-electron chi connectivity index (χ0n) is 19.2.